The average Bonchev–Trinajstić information content (AvgIpc) is 2.78. The van der Waals surface area contributed by atoms with E-state index >= 15 is 0 Å². The molecule has 1 aliphatic heterocycles. The number of aliphatic hydroxyl groups is 1. The zero-order chi connectivity index (χ0) is 14.1. The molecule has 0 spiro atoms. The van der Waals surface area contributed by atoms with Crippen molar-refractivity contribution in [2.24, 2.45) is 0 Å². The summed E-state index contributed by atoms with van der Waals surface area (Å²) in [6, 6.07) is 4.50. The highest BCUT2D eigenvalue weighted by Crippen LogP contribution is 2.20. The smallest absolute Gasteiger partial charge is 0.240 e. The summed E-state index contributed by atoms with van der Waals surface area (Å²) in [5, 5.41) is 10.0. The van der Waals surface area contributed by atoms with Crippen molar-refractivity contribution in [1.82, 2.24) is 4.72 Å². The van der Waals surface area contributed by atoms with E-state index in [4.69, 9.17) is 10.5 Å². The number of hydrogen-bond acceptors (Lipinski definition) is 5. The molecule has 1 fully saturated rings. The van der Waals surface area contributed by atoms with Crippen LogP contribution >= 0.6 is 0 Å². The minimum Gasteiger partial charge on any atom is -0.399 e. The van der Waals surface area contributed by atoms with E-state index in [0.29, 0.717) is 24.3 Å². The minimum absolute atomic E-state index is 0.0568. The van der Waals surface area contributed by atoms with Crippen LogP contribution in [0.2, 0.25) is 0 Å². The van der Waals surface area contributed by atoms with Gasteiger partial charge in [0.05, 0.1) is 11.5 Å². The van der Waals surface area contributed by atoms with Gasteiger partial charge in [0, 0.05) is 25.3 Å². The van der Waals surface area contributed by atoms with Gasteiger partial charge < -0.3 is 15.6 Å². The van der Waals surface area contributed by atoms with E-state index in [1.54, 1.807) is 13.0 Å². The lowest BCUT2D eigenvalue weighted by molar-refractivity contribution is 0.0314. The van der Waals surface area contributed by atoms with Crippen LogP contribution < -0.4 is 10.5 Å². The van der Waals surface area contributed by atoms with Crippen molar-refractivity contribution < 1.29 is 18.3 Å². The van der Waals surface area contributed by atoms with Gasteiger partial charge in [-0.2, -0.15) is 0 Å². The Morgan fingerprint density at radius 2 is 2.26 bits per heavy atom. The van der Waals surface area contributed by atoms with Crippen LogP contribution in [0.15, 0.2) is 23.1 Å². The Kier molecular flexibility index (Phi) is 3.82. The molecule has 6 nitrogen and oxygen atoms in total. The van der Waals surface area contributed by atoms with E-state index in [2.05, 4.69) is 4.72 Å². The Bertz CT molecular complexity index is 565. The van der Waals surface area contributed by atoms with Gasteiger partial charge in [0.2, 0.25) is 10.0 Å². The molecule has 1 aromatic carbocycles. The second kappa shape index (κ2) is 5.09. The van der Waals surface area contributed by atoms with E-state index in [1.807, 2.05) is 0 Å². The first kappa shape index (κ1) is 14.3. The highest BCUT2D eigenvalue weighted by molar-refractivity contribution is 7.89. The van der Waals surface area contributed by atoms with E-state index in [9.17, 15) is 13.5 Å². The molecule has 0 aromatic heterocycles. The lowest BCUT2D eigenvalue weighted by atomic mass is 10.1. The Balaban J connectivity index is 2.11. The second-order valence-corrected chi connectivity index (χ2v) is 6.64. The second-order valence-electron chi connectivity index (χ2n) is 4.87. The molecule has 1 heterocycles. The van der Waals surface area contributed by atoms with Gasteiger partial charge >= 0.3 is 0 Å². The molecular weight excluding hydrogens is 268 g/mol. The summed E-state index contributed by atoms with van der Waals surface area (Å²) in [4.78, 5) is 0.140. The van der Waals surface area contributed by atoms with Crippen molar-refractivity contribution in [3.63, 3.8) is 0 Å². The first-order chi connectivity index (χ1) is 8.82. The van der Waals surface area contributed by atoms with Crippen LogP contribution in [0.5, 0.6) is 0 Å². The van der Waals surface area contributed by atoms with Gasteiger partial charge in [-0.25, -0.2) is 13.1 Å². The molecule has 0 bridgehead atoms. The monoisotopic (exact) mass is 286 g/mol. The topological polar surface area (TPSA) is 102 Å². The minimum atomic E-state index is -3.65. The zero-order valence-electron chi connectivity index (χ0n) is 10.7. The first-order valence-corrected chi connectivity index (χ1v) is 7.47. The lowest BCUT2D eigenvalue weighted by Crippen LogP contribution is -2.43. The van der Waals surface area contributed by atoms with Crippen molar-refractivity contribution in [2.75, 3.05) is 25.5 Å². The molecule has 0 saturated carbocycles. The number of nitrogen functional groups attached to an aromatic ring is 1. The van der Waals surface area contributed by atoms with Gasteiger partial charge in [-0.05, 0) is 30.7 Å². The number of sulfonamides is 1. The maximum absolute atomic E-state index is 12.1. The van der Waals surface area contributed by atoms with Gasteiger partial charge in [0.1, 0.15) is 5.60 Å². The van der Waals surface area contributed by atoms with Gasteiger partial charge in [0.15, 0.2) is 0 Å². The zero-order valence-corrected chi connectivity index (χ0v) is 11.5. The van der Waals surface area contributed by atoms with Crippen LogP contribution in [-0.2, 0) is 14.8 Å². The maximum atomic E-state index is 12.1. The number of anilines is 1. The summed E-state index contributed by atoms with van der Waals surface area (Å²) in [6.07, 6.45) is 0.427. The van der Waals surface area contributed by atoms with E-state index in [1.165, 1.54) is 12.1 Å². The van der Waals surface area contributed by atoms with Crippen molar-refractivity contribution in [2.45, 2.75) is 23.8 Å². The quantitative estimate of drug-likeness (QED) is 0.677. The van der Waals surface area contributed by atoms with Gasteiger partial charge in [-0.15, -0.1) is 0 Å². The SMILES string of the molecule is Cc1cc(S(=O)(=O)NCC2(O)CCOC2)ccc1N. The average molecular weight is 286 g/mol. The van der Waals surface area contributed by atoms with E-state index < -0.39 is 15.6 Å². The molecule has 7 heteroatoms. The fourth-order valence-electron chi connectivity index (χ4n) is 1.86. The molecule has 1 aromatic rings. The van der Waals surface area contributed by atoms with Crippen molar-refractivity contribution in [3.05, 3.63) is 23.8 Å². The molecule has 1 aliphatic rings. The molecule has 1 atom stereocenters. The maximum Gasteiger partial charge on any atom is 0.240 e. The Labute approximate surface area is 112 Å². The third kappa shape index (κ3) is 3.24. The molecule has 1 unspecified atom stereocenters. The van der Waals surface area contributed by atoms with Gasteiger partial charge in [-0.1, -0.05) is 0 Å². The molecule has 106 valence electrons. The van der Waals surface area contributed by atoms with Crippen LogP contribution in [0.4, 0.5) is 5.69 Å². The van der Waals surface area contributed by atoms with Crippen molar-refractivity contribution in [1.29, 1.82) is 0 Å². The third-order valence-electron chi connectivity index (χ3n) is 3.23. The molecule has 4 N–H and O–H groups in total. The van der Waals surface area contributed by atoms with Crippen molar-refractivity contribution >= 4 is 15.7 Å². The predicted octanol–water partition coefficient (Wildman–Crippen LogP) is 0.00692. The molecule has 19 heavy (non-hydrogen) atoms. The summed E-state index contributed by atoms with van der Waals surface area (Å²) in [6.45, 7) is 2.28. The van der Waals surface area contributed by atoms with Gasteiger partial charge in [-0.3, -0.25) is 0 Å². The summed E-state index contributed by atoms with van der Waals surface area (Å²) in [7, 11) is -3.65. The highest BCUT2D eigenvalue weighted by atomic mass is 32.2. The summed E-state index contributed by atoms with van der Waals surface area (Å²) in [5.41, 5.74) is 5.78. The van der Waals surface area contributed by atoms with Crippen molar-refractivity contribution in [3.8, 4) is 0 Å². The number of nitrogens with one attached hydrogen (secondary N) is 1. The van der Waals surface area contributed by atoms with Crippen LogP contribution in [0, 0.1) is 6.92 Å². The first-order valence-electron chi connectivity index (χ1n) is 5.98. The largest absolute Gasteiger partial charge is 0.399 e. The van der Waals surface area contributed by atoms with Crippen LogP contribution in [0.3, 0.4) is 0 Å². The Hall–Kier alpha value is -1.15. The number of ether oxygens (including phenoxy) is 1. The molecule has 0 amide bonds. The molecular formula is C12H18N2O4S. The predicted molar refractivity (Wildman–Crippen MR) is 71.2 cm³/mol. The normalized spacial score (nSPS) is 23.7. The number of aryl methyl sites for hydroxylation is 1. The number of hydrogen-bond donors (Lipinski definition) is 3. The summed E-state index contributed by atoms with van der Waals surface area (Å²) in [5.74, 6) is 0. The van der Waals surface area contributed by atoms with Gasteiger partial charge in [0.25, 0.3) is 0 Å². The fourth-order valence-corrected chi connectivity index (χ4v) is 3.07. The van der Waals surface area contributed by atoms with Crippen LogP contribution in [0.25, 0.3) is 0 Å². The molecule has 1 saturated heterocycles. The van der Waals surface area contributed by atoms with E-state index in [-0.39, 0.29) is 18.0 Å². The molecule has 0 aliphatic carbocycles. The number of benzene rings is 1. The highest BCUT2D eigenvalue weighted by Gasteiger charge is 2.33. The van der Waals surface area contributed by atoms with Crippen LogP contribution in [0.1, 0.15) is 12.0 Å². The molecule has 2 rings (SSSR count). The summed E-state index contributed by atoms with van der Waals surface area (Å²) < 4.78 is 31.7. The van der Waals surface area contributed by atoms with E-state index in [0.717, 1.165) is 0 Å². The Morgan fingerprint density at radius 3 is 2.84 bits per heavy atom. The number of nitrogens with two attached hydrogens (primary N) is 1. The Morgan fingerprint density at radius 1 is 1.53 bits per heavy atom. The fraction of sp³-hybridized carbons (Fsp3) is 0.500. The summed E-state index contributed by atoms with van der Waals surface area (Å²) >= 11 is 0. The van der Waals surface area contributed by atoms with Crippen LogP contribution in [-0.4, -0.2) is 38.9 Å². The standard InChI is InChI=1S/C12H18N2O4S/c1-9-6-10(2-3-11(9)13)19(16,17)14-7-12(15)4-5-18-8-12/h2-3,6,14-15H,4-5,7-8,13H2,1H3. The third-order valence-corrected chi connectivity index (χ3v) is 4.62. The lowest BCUT2D eigenvalue weighted by Gasteiger charge is -2.20. The molecule has 0 radical (unpaired) electrons. The number of rotatable bonds is 4.